The quantitative estimate of drug-likeness (QED) is 0.414. The lowest BCUT2D eigenvalue weighted by molar-refractivity contribution is -0.120. The van der Waals surface area contributed by atoms with Gasteiger partial charge in [-0.05, 0) is 68.1 Å². The second-order valence-corrected chi connectivity index (χ2v) is 9.65. The summed E-state index contributed by atoms with van der Waals surface area (Å²) in [7, 11) is 1.66. The highest BCUT2D eigenvalue weighted by Gasteiger charge is 2.28. The van der Waals surface area contributed by atoms with Gasteiger partial charge in [-0.1, -0.05) is 30.4 Å². The molecular weight excluding hydrogens is 446 g/mol. The van der Waals surface area contributed by atoms with Crippen molar-refractivity contribution in [1.82, 2.24) is 14.8 Å². The molecule has 2 aromatic heterocycles. The molecule has 3 heterocycles. The van der Waals surface area contributed by atoms with Crippen molar-refractivity contribution in [3.8, 4) is 11.4 Å². The van der Waals surface area contributed by atoms with Crippen LogP contribution in [0, 0.1) is 12.8 Å². The van der Waals surface area contributed by atoms with Crippen LogP contribution >= 0.6 is 11.3 Å². The Bertz CT molecular complexity index is 1290. The molecule has 8 heteroatoms. The molecule has 1 fully saturated rings. The molecule has 0 bridgehead atoms. The van der Waals surface area contributed by atoms with Gasteiger partial charge in [0, 0.05) is 18.8 Å². The number of thiazole rings is 1. The molecule has 0 aliphatic carbocycles. The van der Waals surface area contributed by atoms with Gasteiger partial charge in [0.25, 0.3) is 0 Å². The van der Waals surface area contributed by atoms with E-state index in [0.717, 1.165) is 64.1 Å². The van der Waals surface area contributed by atoms with Crippen LogP contribution in [0.3, 0.4) is 0 Å². The summed E-state index contributed by atoms with van der Waals surface area (Å²) in [4.78, 5) is 20.2. The largest absolute Gasteiger partial charge is 0.497 e. The minimum absolute atomic E-state index is 0.0641. The summed E-state index contributed by atoms with van der Waals surface area (Å²) in [6.07, 6.45) is 2.84. The summed E-state index contributed by atoms with van der Waals surface area (Å²) >= 11 is 1.65. The predicted octanol–water partition coefficient (Wildman–Crippen LogP) is 5.22. The number of piperidine rings is 1. The van der Waals surface area contributed by atoms with E-state index in [1.807, 2.05) is 48.0 Å². The van der Waals surface area contributed by atoms with Crippen molar-refractivity contribution >= 4 is 38.4 Å². The Morgan fingerprint density at radius 1 is 1.18 bits per heavy atom. The monoisotopic (exact) mass is 475 g/mol. The minimum Gasteiger partial charge on any atom is -0.497 e. The van der Waals surface area contributed by atoms with Crippen LogP contribution in [0.5, 0.6) is 5.75 Å². The second-order valence-electron chi connectivity index (χ2n) is 8.67. The number of rotatable bonds is 6. The first kappa shape index (κ1) is 22.4. The number of benzene rings is 2. The highest BCUT2D eigenvalue weighted by Crippen LogP contribution is 2.35. The van der Waals surface area contributed by atoms with Gasteiger partial charge >= 0.3 is 0 Å². The number of anilines is 2. The van der Waals surface area contributed by atoms with Crippen molar-refractivity contribution in [3.05, 3.63) is 59.8 Å². The van der Waals surface area contributed by atoms with E-state index in [-0.39, 0.29) is 11.8 Å². The van der Waals surface area contributed by atoms with Crippen LogP contribution < -0.4 is 15.0 Å². The number of carbonyl (C=O) groups is 1. The normalized spacial score (nSPS) is 16.1. The van der Waals surface area contributed by atoms with Gasteiger partial charge in [-0.25, -0.2) is 4.68 Å². The zero-order valence-corrected chi connectivity index (χ0v) is 20.6. The Hall–Kier alpha value is -3.39. The van der Waals surface area contributed by atoms with Crippen molar-refractivity contribution in [2.24, 2.45) is 5.92 Å². The molecule has 0 radical (unpaired) electrons. The maximum atomic E-state index is 13.0. The van der Waals surface area contributed by atoms with E-state index < -0.39 is 0 Å². The number of aryl methyl sites for hydroxylation is 2. The van der Waals surface area contributed by atoms with E-state index in [9.17, 15) is 4.79 Å². The van der Waals surface area contributed by atoms with Crippen molar-refractivity contribution < 1.29 is 9.53 Å². The number of amides is 1. The molecular formula is C26H29N5O2S. The highest BCUT2D eigenvalue weighted by molar-refractivity contribution is 7.22. The van der Waals surface area contributed by atoms with Crippen LogP contribution in [0.2, 0.25) is 0 Å². The standard InChI is InChI=1S/C26H29N5O2S/c1-4-18-7-9-20(10-8-18)27-25(32)19-6-5-15-30(16-19)26-28-24-23(34-26)17(2)29-31(24)21-11-13-22(33-3)14-12-21/h7-14,19H,4-6,15-16H2,1-3H3,(H,27,32). The summed E-state index contributed by atoms with van der Waals surface area (Å²) in [5, 5.41) is 8.75. The molecule has 1 unspecified atom stereocenters. The molecule has 0 spiro atoms. The topological polar surface area (TPSA) is 72.3 Å². The summed E-state index contributed by atoms with van der Waals surface area (Å²) in [6.45, 7) is 5.72. The third-order valence-electron chi connectivity index (χ3n) is 6.39. The Balaban J connectivity index is 1.34. The molecule has 5 rings (SSSR count). The smallest absolute Gasteiger partial charge is 0.229 e. The lowest BCUT2D eigenvalue weighted by Gasteiger charge is -2.31. The summed E-state index contributed by atoms with van der Waals surface area (Å²) < 4.78 is 8.24. The van der Waals surface area contributed by atoms with Gasteiger partial charge in [-0.15, -0.1) is 0 Å². The van der Waals surface area contributed by atoms with Crippen LogP contribution in [0.15, 0.2) is 48.5 Å². The van der Waals surface area contributed by atoms with E-state index in [4.69, 9.17) is 14.8 Å². The minimum atomic E-state index is -0.0641. The average Bonchev–Trinajstić information content (AvgIpc) is 3.45. The fraction of sp³-hybridized carbons (Fsp3) is 0.346. The first-order valence-electron chi connectivity index (χ1n) is 11.7. The van der Waals surface area contributed by atoms with Crippen molar-refractivity contribution in [3.63, 3.8) is 0 Å². The lowest BCUT2D eigenvalue weighted by Crippen LogP contribution is -2.40. The molecule has 7 nitrogen and oxygen atoms in total. The maximum absolute atomic E-state index is 13.0. The van der Waals surface area contributed by atoms with Crippen molar-refractivity contribution in [1.29, 1.82) is 0 Å². The number of nitrogens with zero attached hydrogens (tertiary/aromatic N) is 4. The SMILES string of the molecule is CCc1ccc(NC(=O)C2CCCN(c3nc4c(s3)c(C)nn4-c3ccc(OC)cc3)C2)cc1. The number of carbonyl (C=O) groups excluding carboxylic acids is 1. The Morgan fingerprint density at radius 2 is 1.94 bits per heavy atom. The molecule has 0 saturated carbocycles. The van der Waals surface area contributed by atoms with E-state index in [0.29, 0.717) is 6.54 Å². The molecule has 34 heavy (non-hydrogen) atoms. The van der Waals surface area contributed by atoms with Crippen molar-refractivity contribution in [2.45, 2.75) is 33.1 Å². The zero-order chi connectivity index (χ0) is 23.7. The number of hydrogen-bond donors (Lipinski definition) is 1. The van der Waals surface area contributed by atoms with Gasteiger partial charge in [-0.3, -0.25) is 4.79 Å². The van der Waals surface area contributed by atoms with Gasteiger partial charge in [-0.2, -0.15) is 10.1 Å². The molecule has 1 atom stereocenters. The molecule has 1 N–H and O–H groups in total. The van der Waals surface area contributed by atoms with Crippen LogP contribution in [0.1, 0.15) is 31.0 Å². The number of fused-ring (bicyclic) bond motifs is 1. The van der Waals surface area contributed by atoms with Gasteiger partial charge in [0.1, 0.15) is 5.75 Å². The Morgan fingerprint density at radius 3 is 2.65 bits per heavy atom. The second kappa shape index (κ2) is 9.46. The average molecular weight is 476 g/mol. The van der Waals surface area contributed by atoms with Crippen LogP contribution in [0.25, 0.3) is 16.0 Å². The fourth-order valence-electron chi connectivity index (χ4n) is 4.39. The number of hydrogen-bond acceptors (Lipinski definition) is 6. The van der Waals surface area contributed by atoms with Crippen LogP contribution in [-0.4, -0.2) is 40.9 Å². The van der Waals surface area contributed by atoms with Gasteiger partial charge < -0.3 is 15.0 Å². The summed E-state index contributed by atoms with van der Waals surface area (Å²) in [6, 6.07) is 15.9. The fourth-order valence-corrected chi connectivity index (χ4v) is 5.42. The van der Waals surface area contributed by atoms with E-state index in [1.54, 1.807) is 18.4 Å². The zero-order valence-electron chi connectivity index (χ0n) is 19.7. The van der Waals surface area contributed by atoms with Crippen molar-refractivity contribution in [2.75, 3.05) is 30.4 Å². The van der Waals surface area contributed by atoms with E-state index >= 15 is 0 Å². The molecule has 1 aliphatic rings. The molecule has 2 aromatic carbocycles. The number of methoxy groups -OCH3 is 1. The van der Waals surface area contributed by atoms with E-state index in [1.165, 1.54) is 5.56 Å². The Kier molecular flexibility index (Phi) is 6.24. The third-order valence-corrected chi connectivity index (χ3v) is 7.60. The molecule has 1 amide bonds. The summed E-state index contributed by atoms with van der Waals surface area (Å²) in [5.74, 6) is 0.822. The number of aromatic nitrogens is 3. The van der Waals surface area contributed by atoms with Gasteiger partial charge in [0.2, 0.25) is 5.91 Å². The molecule has 1 aliphatic heterocycles. The van der Waals surface area contributed by atoms with Crippen LogP contribution in [0.4, 0.5) is 10.8 Å². The Labute approximate surface area is 203 Å². The molecule has 176 valence electrons. The number of ether oxygens (including phenoxy) is 1. The third kappa shape index (κ3) is 4.37. The van der Waals surface area contributed by atoms with E-state index in [2.05, 4.69) is 29.3 Å². The first-order chi connectivity index (χ1) is 16.6. The molecule has 1 saturated heterocycles. The summed E-state index contributed by atoms with van der Waals surface area (Å²) in [5.41, 5.74) is 4.87. The lowest BCUT2D eigenvalue weighted by atomic mass is 9.97. The van der Waals surface area contributed by atoms with Gasteiger partial charge in [0.05, 0.1) is 29.1 Å². The first-order valence-corrected chi connectivity index (χ1v) is 12.5. The highest BCUT2D eigenvalue weighted by atomic mass is 32.1. The van der Waals surface area contributed by atoms with Crippen LogP contribution in [-0.2, 0) is 11.2 Å². The maximum Gasteiger partial charge on any atom is 0.229 e. The van der Waals surface area contributed by atoms with Gasteiger partial charge in [0.15, 0.2) is 10.8 Å². The molecule has 4 aromatic rings. The number of nitrogens with one attached hydrogen (secondary N) is 1. The predicted molar refractivity (Wildman–Crippen MR) is 137 cm³/mol.